The van der Waals surface area contributed by atoms with Crippen LogP contribution >= 0.6 is 0 Å². The molecule has 1 aromatic rings. The van der Waals surface area contributed by atoms with Crippen LogP contribution in [0, 0.1) is 0 Å². The molecule has 8 nitrogen and oxygen atoms in total. The zero-order valence-electron chi connectivity index (χ0n) is 15.8. The number of nitrogens with one attached hydrogen (secondary N) is 1. The van der Waals surface area contributed by atoms with Gasteiger partial charge in [0.2, 0.25) is 0 Å². The molecule has 1 aliphatic heterocycles. The molecule has 0 saturated heterocycles. The number of Topliss-reactive ketones (excluding diaryl/α,β-unsaturated/α-hetero) is 2. The van der Waals surface area contributed by atoms with Crippen molar-refractivity contribution in [3.05, 3.63) is 20.8 Å². The third kappa shape index (κ3) is 4.62. The Balaban J connectivity index is 2.36. The molecule has 8 heteroatoms. The van der Waals surface area contributed by atoms with Gasteiger partial charge in [-0.3, -0.25) is 19.1 Å². The smallest absolute Gasteiger partial charge is 0.330 e. The van der Waals surface area contributed by atoms with Crippen molar-refractivity contribution in [2.24, 2.45) is 0 Å². The van der Waals surface area contributed by atoms with Gasteiger partial charge in [-0.25, -0.2) is 4.79 Å². The van der Waals surface area contributed by atoms with E-state index in [0.29, 0.717) is 37.7 Å². The number of hydrogen-bond acceptors (Lipinski definition) is 6. The zero-order chi connectivity index (χ0) is 19.3. The number of H-pyrrole nitrogens is 1. The lowest BCUT2D eigenvalue weighted by Crippen LogP contribution is -2.35. The van der Waals surface area contributed by atoms with E-state index < -0.39 is 11.2 Å². The van der Waals surface area contributed by atoms with Crippen molar-refractivity contribution in [2.75, 3.05) is 29.6 Å². The Labute approximate surface area is 152 Å². The van der Waals surface area contributed by atoms with Crippen LogP contribution in [0.2, 0.25) is 0 Å². The lowest BCUT2D eigenvalue weighted by atomic mass is 10.2. The molecule has 0 unspecified atom stereocenters. The molecule has 2 heterocycles. The summed E-state index contributed by atoms with van der Waals surface area (Å²) in [7, 11) is 0. The molecule has 0 radical (unpaired) electrons. The second-order valence-electron chi connectivity index (χ2n) is 6.90. The molecular formula is C18H28N4O4. The van der Waals surface area contributed by atoms with Gasteiger partial charge in [-0.05, 0) is 33.1 Å². The summed E-state index contributed by atoms with van der Waals surface area (Å²) in [6, 6.07) is 0. The van der Waals surface area contributed by atoms with E-state index in [1.54, 1.807) is 16.4 Å². The van der Waals surface area contributed by atoms with E-state index in [9.17, 15) is 19.2 Å². The molecule has 0 spiro atoms. The molecule has 0 atom stereocenters. The Morgan fingerprint density at radius 2 is 1.73 bits per heavy atom. The van der Waals surface area contributed by atoms with Gasteiger partial charge in [0.25, 0.3) is 5.56 Å². The summed E-state index contributed by atoms with van der Waals surface area (Å²) >= 11 is 0. The Morgan fingerprint density at radius 3 is 2.35 bits per heavy atom. The van der Waals surface area contributed by atoms with Crippen molar-refractivity contribution in [2.45, 2.75) is 59.4 Å². The normalized spacial score (nSPS) is 13.2. The van der Waals surface area contributed by atoms with Gasteiger partial charge >= 0.3 is 5.69 Å². The minimum absolute atomic E-state index is 0.0416. The first-order valence-corrected chi connectivity index (χ1v) is 9.21. The molecule has 2 rings (SSSR count). The minimum atomic E-state index is -0.453. The third-order valence-electron chi connectivity index (χ3n) is 4.46. The van der Waals surface area contributed by atoms with Gasteiger partial charge in [0.05, 0.1) is 13.2 Å². The molecule has 0 aliphatic carbocycles. The summed E-state index contributed by atoms with van der Waals surface area (Å²) in [6.07, 6.45) is 3.81. The first kappa shape index (κ1) is 19.9. The van der Waals surface area contributed by atoms with Crippen molar-refractivity contribution >= 4 is 23.1 Å². The third-order valence-corrected chi connectivity index (χ3v) is 4.46. The summed E-state index contributed by atoms with van der Waals surface area (Å²) in [6.45, 7) is 6.77. The highest BCUT2D eigenvalue weighted by molar-refractivity contribution is 5.84. The number of ketones is 2. The second kappa shape index (κ2) is 8.82. The van der Waals surface area contributed by atoms with Crippen molar-refractivity contribution < 1.29 is 9.59 Å². The van der Waals surface area contributed by atoms with E-state index in [-0.39, 0.29) is 18.1 Å². The van der Waals surface area contributed by atoms with Gasteiger partial charge in [0.15, 0.2) is 0 Å². The lowest BCUT2D eigenvalue weighted by Gasteiger charge is -2.22. The van der Waals surface area contributed by atoms with Gasteiger partial charge in [-0.1, -0.05) is 13.3 Å². The summed E-state index contributed by atoms with van der Waals surface area (Å²) < 4.78 is 1.60. The highest BCUT2D eigenvalue weighted by atomic mass is 16.2. The van der Waals surface area contributed by atoms with Crippen molar-refractivity contribution in [1.82, 2.24) is 9.55 Å². The quantitative estimate of drug-likeness (QED) is 0.628. The van der Waals surface area contributed by atoms with E-state index in [4.69, 9.17) is 0 Å². The second-order valence-corrected chi connectivity index (χ2v) is 6.90. The van der Waals surface area contributed by atoms with Crippen molar-refractivity contribution in [3.8, 4) is 0 Å². The van der Waals surface area contributed by atoms with Crippen LogP contribution < -0.4 is 21.0 Å². The van der Waals surface area contributed by atoms with Crippen molar-refractivity contribution in [3.63, 3.8) is 0 Å². The Hall–Kier alpha value is -2.38. The standard InChI is InChI=1S/C18H28N4O4/c1-4-5-10-22-17-15(16(25)19-18(22)26)21(11-14(3)24)12-20(17)9-7-6-8-13(2)23/h4-12H2,1-3H3,(H,19,25,26). The molecule has 0 amide bonds. The van der Waals surface area contributed by atoms with E-state index in [1.807, 2.05) is 11.8 Å². The van der Waals surface area contributed by atoms with Crippen molar-refractivity contribution in [1.29, 1.82) is 0 Å². The van der Waals surface area contributed by atoms with Crippen LogP contribution in [-0.2, 0) is 16.1 Å². The molecule has 0 aromatic carbocycles. The highest BCUT2D eigenvalue weighted by Crippen LogP contribution is 2.31. The summed E-state index contributed by atoms with van der Waals surface area (Å²) in [5.74, 6) is 0.706. The van der Waals surface area contributed by atoms with Gasteiger partial charge in [-0.15, -0.1) is 0 Å². The fourth-order valence-corrected chi connectivity index (χ4v) is 3.27. The topological polar surface area (TPSA) is 95.5 Å². The number of hydrogen-bond donors (Lipinski definition) is 1. The zero-order valence-corrected chi connectivity index (χ0v) is 15.8. The molecule has 1 N–H and O–H groups in total. The Bertz CT molecular complexity index is 780. The van der Waals surface area contributed by atoms with E-state index in [2.05, 4.69) is 4.98 Å². The van der Waals surface area contributed by atoms with Crippen LogP contribution in [0.15, 0.2) is 9.59 Å². The monoisotopic (exact) mass is 364 g/mol. The average molecular weight is 364 g/mol. The Morgan fingerprint density at radius 1 is 1.00 bits per heavy atom. The number of aromatic amines is 1. The minimum Gasteiger partial charge on any atom is -0.339 e. The van der Waals surface area contributed by atoms with Crippen LogP contribution in [0.1, 0.15) is 52.9 Å². The van der Waals surface area contributed by atoms with Gasteiger partial charge in [0, 0.05) is 19.5 Å². The van der Waals surface area contributed by atoms with Crippen LogP contribution in [0.25, 0.3) is 0 Å². The Kier molecular flexibility index (Phi) is 6.76. The summed E-state index contributed by atoms with van der Waals surface area (Å²) in [4.78, 5) is 53.6. The fraction of sp³-hybridized carbons (Fsp3) is 0.667. The lowest BCUT2D eigenvalue weighted by molar-refractivity contribution is -0.117. The molecule has 144 valence electrons. The maximum absolute atomic E-state index is 12.4. The molecule has 26 heavy (non-hydrogen) atoms. The number of fused-ring (bicyclic) bond motifs is 1. The largest absolute Gasteiger partial charge is 0.339 e. The number of unbranched alkanes of at least 4 members (excludes halogenated alkanes) is 2. The highest BCUT2D eigenvalue weighted by Gasteiger charge is 2.32. The molecule has 1 aliphatic rings. The van der Waals surface area contributed by atoms with E-state index >= 15 is 0 Å². The fourth-order valence-electron chi connectivity index (χ4n) is 3.27. The molecule has 0 bridgehead atoms. The summed E-state index contributed by atoms with van der Waals surface area (Å²) in [5.41, 5.74) is -0.478. The van der Waals surface area contributed by atoms with Gasteiger partial charge < -0.3 is 14.6 Å². The first-order chi connectivity index (χ1) is 12.3. The number of rotatable bonds is 10. The predicted molar refractivity (Wildman–Crippen MR) is 101 cm³/mol. The predicted octanol–water partition coefficient (Wildman–Crippen LogP) is 1.27. The van der Waals surface area contributed by atoms with Crippen LogP contribution in [-0.4, -0.2) is 40.9 Å². The van der Waals surface area contributed by atoms with Gasteiger partial charge in [-0.2, -0.15) is 0 Å². The number of carbonyl (C=O) groups excluding carboxylic acids is 2. The molecule has 0 saturated carbocycles. The number of nitrogens with zero attached hydrogens (tertiary/aromatic N) is 3. The number of anilines is 2. The maximum Gasteiger partial charge on any atom is 0.330 e. The number of aromatic nitrogens is 2. The molecule has 0 fully saturated rings. The summed E-state index contributed by atoms with van der Waals surface area (Å²) in [5, 5.41) is 0. The SMILES string of the molecule is CCCCn1c2c(c(=O)[nH]c1=O)N(CC(C)=O)CN2CCCCC(C)=O. The average Bonchev–Trinajstić information content (AvgIpc) is 2.89. The molecular weight excluding hydrogens is 336 g/mol. The molecule has 1 aromatic heterocycles. The van der Waals surface area contributed by atoms with Crippen LogP contribution in [0.5, 0.6) is 0 Å². The first-order valence-electron chi connectivity index (χ1n) is 9.21. The maximum atomic E-state index is 12.4. The van der Waals surface area contributed by atoms with Crippen LogP contribution in [0.4, 0.5) is 11.5 Å². The van der Waals surface area contributed by atoms with Crippen LogP contribution in [0.3, 0.4) is 0 Å². The van der Waals surface area contributed by atoms with Gasteiger partial charge in [0.1, 0.15) is 23.1 Å². The number of carbonyl (C=O) groups is 2. The van der Waals surface area contributed by atoms with E-state index in [1.165, 1.54) is 6.92 Å². The van der Waals surface area contributed by atoms with E-state index in [0.717, 1.165) is 25.7 Å².